The molecule has 0 bridgehead atoms. The Morgan fingerprint density at radius 3 is 2.42 bits per heavy atom. The first-order chi connectivity index (χ1) is 12.7. The largest absolute Gasteiger partial charge is 0.325 e. The lowest BCUT2D eigenvalue weighted by Gasteiger charge is -2.26. The summed E-state index contributed by atoms with van der Waals surface area (Å²) in [6.45, 7) is 0.535. The van der Waals surface area contributed by atoms with E-state index in [0.29, 0.717) is 18.7 Å². The topological polar surface area (TPSA) is 54.5 Å². The fourth-order valence-electron chi connectivity index (χ4n) is 3.95. The van der Waals surface area contributed by atoms with Crippen LogP contribution in [0.25, 0.3) is 0 Å². The standard InChI is InChI=1S/C21H27NO3S/c23-19(17-10-5-2-6-11-17)20(24)22-14-7-12-18(22)21(25)26-15-13-16-8-3-1-4-9-16/h1,3-4,8-9,17-18H,2,5-7,10-15H2/t18-/m0/s1. The molecule has 4 nitrogen and oxygen atoms in total. The van der Waals surface area contributed by atoms with Crippen LogP contribution < -0.4 is 0 Å². The van der Waals surface area contributed by atoms with Crippen LogP contribution in [-0.4, -0.2) is 40.0 Å². The summed E-state index contributed by atoms with van der Waals surface area (Å²) in [5.41, 5.74) is 1.21. The molecule has 5 heteroatoms. The lowest BCUT2D eigenvalue weighted by atomic mass is 9.86. The third kappa shape index (κ3) is 4.76. The molecule has 1 amide bonds. The highest BCUT2D eigenvalue weighted by Crippen LogP contribution is 2.28. The van der Waals surface area contributed by atoms with Crippen molar-refractivity contribution in [3.8, 4) is 0 Å². The fraction of sp³-hybridized carbons (Fsp3) is 0.571. The summed E-state index contributed by atoms with van der Waals surface area (Å²) in [7, 11) is 0. The van der Waals surface area contributed by atoms with Crippen molar-refractivity contribution in [2.75, 3.05) is 12.3 Å². The monoisotopic (exact) mass is 373 g/mol. The second kappa shape index (κ2) is 9.36. The van der Waals surface area contributed by atoms with Crippen molar-refractivity contribution >= 4 is 28.6 Å². The Bertz CT molecular complexity index is 640. The Labute approximate surface area is 159 Å². The van der Waals surface area contributed by atoms with Crippen LogP contribution in [0.5, 0.6) is 0 Å². The van der Waals surface area contributed by atoms with Crippen LogP contribution >= 0.6 is 11.8 Å². The maximum atomic E-state index is 12.7. The van der Waals surface area contributed by atoms with Crippen molar-refractivity contribution in [1.29, 1.82) is 0 Å². The van der Waals surface area contributed by atoms with Crippen LogP contribution in [-0.2, 0) is 20.8 Å². The normalized spacial score (nSPS) is 20.9. The van der Waals surface area contributed by atoms with E-state index in [1.54, 1.807) is 4.90 Å². The van der Waals surface area contributed by atoms with Crippen LogP contribution in [0.1, 0.15) is 50.5 Å². The van der Waals surface area contributed by atoms with Crippen molar-refractivity contribution in [1.82, 2.24) is 4.90 Å². The van der Waals surface area contributed by atoms with Gasteiger partial charge < -0.3 is 4.90 Å². The molecule has 1 heterocycles. The molecule has 0 radical (unpaired) electrons. The minimum Gasteiger partial charge on any atom is -0.325 e. The van der Waals surface area contributed by atoms with E-state index in [0.717, 1.165) is 44.9 Å². The van der Waals surface area contributed by atoms with Gasteiger partial charge in [-0.2, -0.15) is 0 Å². The summed E-state index contributed by atoms with van der Waals surface area (Å²) in [4.78, 5) is 39.4. The first-order valence-electron chi connectivity index (χ1n) is 9.72. The van der Waals surface area contributed by atoms with E-state index in [1.807, 2.05) is 18.2 Å². The molecule has 1 aliphatic carbocycles. The van der Waals surface area contributed by atoms with E-state index in [4.69, 9.17) is 0 Å². The van der Waals surface area contributed by atoms with Gasteiger partial charge >= 0.3 is 0 Å². The number of thioether (sulfide) groups is 1. The maximum absolute atomic E-state index is 12.7. The van der Waals surface area contributed by atoms with Crippen LogP contribution in [0.15, 0.2) is 30.3 Å². The zero-order chi connectivity index (χ0) is 18.4. The number of hydrogen-bond acceptors (Lipinski definition) is 4. The molecule has 2 fully saturated rings. The molecule has 3 rings (SSSR count). The summed E-state index contributed by atoms with van der Waals surface area (Å²) in [6.07, 6.45) is 7.18. The summed E-state index contributed by atoms with van der Waals surface area (Å²) >= 11 is 1.29. The number of rotatable bonds is 6. The Hall–Kier alpha value is -1.62. The molecule has 0 aromatic heterocycles. The van der Waals surface area contributed by atoms with Gasteiger partial charge in [-0.25, -0.2) is 0 Å². The number of carbonyl (C=O) groups is 3. The predicted octanol–water partition coefficient (Wildman–Crippen LogP) is 3.63. The first-order valence-corrected chi connectivity index (χ1v) is 10.7. The van der Waals surface area contributed by atoms with E-state index >= 15 is 0 Å². The highest BCUT2D eigenvalue weighted by molar-refractivity contribution is 8.13. The number of hydrogen-bond donors (Lipinski definition) is 0. The molecule has 0 spiro atoms. The van der Waals surface area contributed by atoms with E-state index in [1.165, 1.54) is 17.3 Å². The van der Waals surface area contributed by atoms with Crippen molar-refractivity contribution in [2.45, 2.75) is 57.4 Å². The highest BCUT2D eigenvalue weighted by Gasteiger charge is 2.38. The maximum Gasteiger partial charge on any atom is 0.290 e. The van der Waals surface area contributed by atoms with Crippen LogP contribution in [0.2, 0.25) is 0 Å². The quantitative estimate of drug-likeness (QED) is 0.715. The van der Waals surface area contributed by atoms with Gasteiger partial charge in [0.1, 0.15) is 6.04 Å². The molecule has 2 aliphatic rings. The van der Waals surface area contributed by atoms with Crippen LogP contribution in [0, 0.1) is 5.92 Å². The third-order valence-electron chi connectivity index (χ3n) is 5.45. The minimum atomic E-state index is -0.421. The van der Waals surface area contributed by atoms with Crippen LogP contribution in [0.4, 0.5) is 0 Å². The molecular formula is C21H27NO3S. The predicted molar refractivity (Wildman–Crippen MR) is 104 cm³/mol. The minimum absolute atomic E-state index is 0.0308. The Morgan fingerprint density at radius 1 is 0.962 bits per heavy atom. The van der Waals surface area contributed by atoms with Gasteiger partial charge in [0.05, 0.1) is 0 Å². The summed E-state index contributed by atoms with van der Waals surface area (Å²) in [6, 6.07) is 9.66. The number of carbonyl (C=O) groups excluding carboxylic acids is 3. The van der Waals surface area contributed by atoms with E-state index in [2.05, 4.69) is 12.1 Å². The average Bonchev–Trinajstić information content (AvgIpc) is 3.18. The van der Waals surface area contributed by atoms with Gasteiger partial charge in [0.25, 0.3) is 5.91 Å². The number of nitrogens with zero attached hydrogens (tertiary/aromatic N) is 1. The smallest absolute Gasteiger partial charge is 0.290 e. The zero-order valence-electron chi connectivity index (χ0n) is 15.2. The van der Waals surface area contributed by atoms with E-state index in [-0.39, 0.29) is 16.8 Å². The van der Waals surface area contributed by atoms with Gasteiger partial charge in [-0.05, 0) is 37.7 Å². The molecule has 1 aliphatic heterocycles. The Balaban J connectivity index is 1.52. The molecule has 1 saturated heterocycles. The number of likely N-dealkylation sites (tertiary alicyclic amines) is 1. The molecule has 1 aromatic rings. The summed E-state index contributed by atoms with van der Waals surface area (Å²) in [5.74, 6) is -0.105. The van der Waals surface area contributed by atoms with Gasteiger partial charge in [0, 0.05) is 18.2 Å². The lowest BCUT2D eigenvalue weighted by Crippen LogP contribution is -2.45. The van der Waals surface area contributed by atoms with E-state index in [9.17, 15) is 14.4 Å². The molecule has 1 aromatic carbocycles. The van der Waals surface area contributed by atoms with Crippen molar-refractivity contribution in [2.24, 2.45) is 5.92 Å². The second-order valence-electron chi connectivity index (χ2n) is 7.26. The van der Waals surface area contributed by atoms with Crippen molar-refractivity contribution < 1.29 is 14.4 Å². The van der Waals surface area contributed by atoms with Crippen molar-refractivity contribution in [3.63, 3.8) is 0 Å². The number of ketones is 1. The molecule has 0 unspecified atom stereocenters. The SMILES string of the molecule is O=C(C(=O)N1CCC[C@H]1C(=O)SCCc1ccccc1)C1CCCCC1. The van der Waals surface area contributed by atoms with Gasteiger partial charge in [-0.15, -0.1) is 0 Å². The summed E-state index contributed by atoms with van der Waals surface area (Å²) in [5, 5.41) is 0.0308. The Morgan fingerprint density at radius 2 is 1.69 bits per heavy atom. The fourth-order valence-corrected chi connectivity index (χ4v) is 4.92. The molecular weight excluding hydrogens is 346 g/mol. The second-order valence-corrected chi connectivity index (χ2v) is 8.36. The molecule has 1 saturated carbocycles. The molecule has 1 atom stereocenters. The number of benzene rings is 1. The van der Waals surface area contributed by atoms with Gasteiger partial charge in [-0.3, -0.25) is 14.4 Å². The number of amides is 1. The van der Waals surface area contributed by atoms with Crippen molar-refractivity contribution in [3.05, 3.63) is 35.9 Å². The summed E-state index contributed by atoms with van der Waals surface area (Å²) < 4.78 is 0. The van der Waals surface area contributed by atoms with Gasteiger partial charge in [0.15, 0.2) is 0 Å². The third-order valence-corrected chi connectivity index (χ3v) is 6.42. The average molecular weight is 374 g/mol. The molecule has 0 N–H and O–H groups in total. The Kier molecular flexibility index (Phi) is 6.89. The highest BCUT2D eigenvalue weighted by atomic mass is 32.2. The van der Waals surface area contributed by atoms with E-state index < -0.39 is 11.9 Å². The van der Waals surface area contributed by atoms with Gasteiger partial charge in [-0.1, -0.05) is 61.4 Å². The van der Waals surface area contributed by atoms with Crippen LogP contribution in [0.3, 0.4) is 0 Å². The number of aryl methyl sites for hydroxylation is 1. The first kappa shape index (κ1) is 19.2. The zero-order valence-corrected chi connectivity index (χ0v) is 16.0. The lowest BCUT2D eigenvalue weighted by molar-refractivity contribution is -0.148. The molecule has 26 heavy (non-hydrogen) atoms. The van der Waals surface area contributed by atoms with Gasteiger partial charge in [0.2, 0.25) is 10.9 Å². The molecule has 140 valence electrons. The number of Topliss-reactive ketones (excluding diaryl/α,β-unsaturated/α-hetero) is 1.